The number of hydrogen-bond donors (Lipinski definition) is 2. The van der Waals surface area contributed by atoms with E-state index < -0.39 is 0 Å². The van der Waals surface area contributed by atoms with Crippen LogP contribution in [-0.4, -0.2) is 18.4 Å². The minimum absolute atomic E-state index is 0.114. The third kappa shape index (κ3) is 7.04. The minimum atomic E-state index is -0.193. The van der Waals surface area contributed by atoms with Gasteiger partial charge < -0.3 is 15.4 Å². The lowest BCUT2D eigenvalue weighted by atomic mass is 10.1. The van der Waals surface area contributed by atoms with Gasteiger partial charge in [-0.2, -0.15) is 0 Å². The number of para-hydroxylation sites is 1. The SMILES string of the molecule is O=C(CCNC(=O)c1ccc(Br)cc1)NCc1cccc(COc2ccccc2)c1. The van der Waals surface area contributed by atoms with Crippen molar-refractivity contribution >= 4 is 27.7 Å². The van der Waals surface area contributed by atoms with E-state index in [1.807, 2.05) is 54.6 Å². The topological polar surface area (TPSA) is 67.4 Å². The predicted octanol–water partition coefficient (Wildman–Crippen LogP) is 4.46. The van der Waals surface area contributed by atoms with Crippen LogP contribution in [0.5, 0.6) is 5.75 Å². The molecule has 0 heterocycles. The predicted molar refractivity (Wildman–Crippen MR) is 120 cm³/mol. The summed E-state index contributed by atoms with van der Waals surface area (Å²) in [6.07, 6.45) is 0.221. The highest BCUT2D eigenvalue weighted by atomic mass is 79.9. The fourth-order valence-corrected chi connectivity index (χ4v) is 3.06. The highest BCUT2D eigenvalue weighted by Gasteiger charge is 2.07. The molecule has 0 aliphatic carbocycles. The Bertz CT molecular complexity index is 975. The molecule has 0 radical (unpaired) electrons. The summed E-state index contributed by atoms with van der Waals surface area (Å²) in [5.74, 6) is 0.514. The molecule has 154 valence electrons. The van der Waals surface area contributed by atoms with Crippen molar-refractivity contribution in [2.24, 2.45) is 0 Å². The van der Waals surface area contributed by atoms with E-state index in [0.29, 0.717) is 18.7 Å². The lowest BCUT2D eigenvalue weighted by Crippen LogP contribution is -2.30. The Kier molecular flexibility index (Phi) is 8.03. The molecule has 3 aromatic carbocycles. The van der Waals surface area contributed by atoms with Crippen molar-refractivity contribution in [3.05, 3.63) is 100 Å². The van der Waals surface area contributed by atoms with Gasteiger partial charge in [0.25, 0.3) is 5.91 Å². The van der Waals surface area contributed by atoms with Crippen LogP contribution >= 0.6 is 15.9 Å². The Labute approximate surface area is 184 Å². The Morgan fingerprint density at radius 2 is 1.57 bits per heavy atom. The molecule has 0 spiro atoms. The van der Waals surface area contributed by atoms with Crippen molar-refractivity contribution < 1.29 is 14.3 Å². The number of ether oxygens (including phenoxy) is 1. The van der Waals surface area contributed by atoms with Crippen LogP contribution in [0.25, 0.3) is 0 Å². The maximum atomic E-state index is 12.1. The summed E-state index contributed by atoms with van der Waals surface area (Å²) in [4.78, 5) is 24.1. The zero-order valence-electron chi connectivity index (χ0n) is 16.4. The van der Waals surface area contributed by atoms with E-state index in [1.165, 1.54) is 0 Å². The first-order valence-corrected chi connectivity index (χ1v) is 10.5. The van der Waals surface area contributed by atoms with Crippen molar-refractivity contribution in [2.45, 2.75) is 19.6 Å². The standard InChI is InChI=1S/C24H23BrN2O3/c25-21-11-9-20(10-12-21)24(29)26-14-13-23(28)27-16-18-5-4-6-19(15-18)17-30-22-7-2-1-3-8-22/h1-12,15H,13-14,16-17H2,(H,26,29)(H,27,28). The number of carbonyl (C=O) groups excluding carboxylic acids is 2. The first kappa shape index (κ1) is 21.6. The van der Waals surface area contributed by atoms with Gasteiger partial charge in [0.15, 0.2) is 0 Å². The molecule has 0 aromatic heterocycles. The van der Waals surface area contributed by atoms with Crippen LogP contribution in [0.1, 0.15) is 27.9 Å². The maximum Gasteiger partial charge on any atom is 0.251 e. The highest BCUT2D eigenvalue weighted by molar-refractivity contribution is 9.10. The molecule has 6 heteroatoms. The molecule has 30 heavy (non-hydrogen) atoms. The number of nitrogens with one attached hydrogen (secondary N) is 2. The molecule has 0 unspecified atom stereocenters. The van der Waals surface area contributed by atoms with Gasteiger partial charge in [0.05, 0.1) is 0 Å². The molecule has 0 aliphatic heterocycles. The zero-order chi connectivity index (χ0) is 21.2. The van der Waals surface area contributed by atoms with Crippen LogP contribution in [0.4, 0.5) is 0 Å². The first-order valence-electron chi connectivity index (χ1n) is 9.66. The van der Waals surface area contributed by atoms with Gasteiger partial charge in [-0.25, -0.2) is 0 Å². The van der Waals surface area contributed by atoms with E-state index in [2.05, 4.69) is 26.6 Å². The zero-order valence-corrected chi connectivity index (χ0v) is 18.0. The van der Waals surface area contributed by atoms with Gasteiger partial charge >= 0.3 is 0 Å². The summed E-state index contributed by atoms with van der Waals surface area (Å²) in [5, 5.41) is 5.64. The fourth-order valence-electron chi connectivity index (χ4n) is 2.79. The van der Waals surface area contributed by atoms with Gasteiger partial charge in [-0.3, -0.25) is 9.59 Å². The quantitative estimate of drug-likeness (QED) is 0.488. The summed E-state index contributed by atoms with van der Waals surface area (Å²) in [7, 11) is 0. The molecule has 3 rings (SSSR count). The highest BCUT2D eigenvalue weighted by Crippen LogP contribution is 2.13. The smallest absolute Gasteiger partial charge is 0.251 e. The molecule has 0 saturated carbocycles. The fraction of sp³-hybridized carbons (Fsp3) is 0.167. The molecule has 0 bridgehead atoms. The third-order valence-corrected chi connectivity index (χ3v) is 4.90. The number of amides is 2. The summed E-state index contributed by atoms with van der Waals surface area (Å²) in [6, 6.07) is 24.6. The Morgan fingerprint density at radius 3 is 2.33 bits per heavy atom. The molecule has 5 nitrogen and oxygen atoms in total. The molecule has 0 aliphatic rings. The average molecular weight is 467 g/mol. The van der Waals surface area contributed by atoms with Gasteiger partial charge in [-0.05, 0) is 47.5 Å². The normalized spacial score (nSPS) is 10.3. The second-order valence-corrected chi connectivity index (χ2v) is 7.63. The van der Waals surface area contributed by atoms with Crippen molar-refractivity contribution in [1.29, 1.82) is 0 Å². The molecule has 2 amide bonds. The lowest BCUT2D eigenvalue weighted by Gasteiger charge is -2.09. The summed E-state index contributed by atoms with van der Waals surface area (Å²) >= 11 is 3.33. The first-order chi connectivity index (χ1) is 14.6. The summed E-state index contributed by atoms with van der Waals surface area (Å²) < 4.78 is 6.67. The number of carbonyl (C=O) groups is 2. The Morgan fingerprint density at radius 1 is 0.833 bits per heavy atom. The van der Waals surface area contributed by atoms with Crippen molar-refractivity contribution in [2.75, 3.05) is 6.54 Å². The van der Waals surface area contributed by atoms with E-state index in [-0.39, 0.29) is 24.8 Å². The second-order valence-electron chi connectivity index (χ2n) is 6.71. The van der Waals surface area contributed by atoms with Gasteiger partial charge in [0.2, 0.25) is 5.91 Å². The van der Waals surface area contributed by atoms with Crippen LogP contribution in [0.15, 0.2) is 83.3 Å². The van der Waals surface area contributed by atoms with Crippen LogP contribution in [0.2, 0.25) is 0 Å². The lowest BCUT2D eigenvalue weighted by molar-refractivity contribution is -0.121. The van der Waals surface area contributed by atoms with Crippen molar-refractivity contribution in [1.82, 2.24) is 10.6 Å². The second kappa shape index (κ2) is 11.2. The van der Waals surface area contributed by atoms with Crippen LogP contribution in [-0.2, 0) is 17.9 Å². The number of benzene rings is 3. The molecule has 0 atom stereocenters. The van der Waals surface area contributed by atoms with E-state index in [4.69, 9.17) is 4.74 Å². The van der Waals surface area contributed by atoms with Gasteiger partial charge in [-0.1, -0.05) is 58.4 Å². The van der Waals surface area contributed by atoms with E-state index >= 15 is 0 Å². The maximum absolute atomic E-state index is 12.1. The van der Waals surface area contributed by atoms with Gasteiger partial charge in [-0.15, -0.1) is 0 Å². The summed E-state index contributed by atoms with van der Waals surface area (Å²) in [6.45, 7) is 1.18. The Balaban J connectivity index is 1.39. The van der Waals surface area contributed by atoms with Gasteiger partial charge in [0.1, 0.15) is 12.4 Å². The molecule has 2 N–H and O–H groups in total. The monoisotopic (exact) mass is 466 g/mol. The number of hydrogen-bond acceptors (Lipinski definition) is 3. The van der Waals surface area contributed by atoms with E-state index in [1.54, 1.807) is 24.3 Å². The van der Waals surface area contributed by atoms with E-state index in [0.717, 1.165) is 21.3 Å². The average Bonchev–Trinajstić information content (AvgIpc) is 2.78. The molecule has 3 aromatic rings. The van der Waals surface area contributed by atoms with Crippen LogP contribution < -0.4 is 15.4 Å². The number of halogens is 1. The largest absolute Gasteiger partial charge is 0.489 e. The van der Waals surface area contributed by atoms with Gasteiger partial charge in [0, 0.05) is 29.5 Å². The molecular formula is C24H23BrN2O3. The molecule has 0 fully saturated rings. The number of rotatable bonds is 9. The third-order valence-electron chi connectivity index (χ3n) is 4.37. The Hall–Kier alpha value is -3.12. The van der Waals surface area contributed by atoms with E-state index in [9.17, 15) is 9.59 Å². The van der Waals surface area contributed by atoms with Crippen molar-refractivity contribution in [3.63, 3.8) is 0 Å². The van der Waals surface area contributed by atoms with Crippen LogP contribution in [0, 0.1) is 0 Å². The minimum Gasteiger partial charge on any atom is -0.489 e. The molecular weight excluding hydrogens is 444 g/mol. The van der Waals surface area contributed by atoms with Crippen molar-refractivity contribution in [3.8, 4) is 5.75 Å². The summed E-state index contributed by atoms with van der Waals surface area (Å²) in [5.41, 5.74) is 2.59. The van der Waals surface area contributed by atoms with Crippen LogP contribution in [0.3, 0.4) is 0 Å². The molecule has 0 saturated heterocycles.